The summed E-state index contributed by atoms with van der Waals surface area (Å²) in [5.74, 6) is 1.56. The van der Waals surface area contributed by atoms with Crippen molar-refractivity contribution in [2.75, 3.05) is 13.7 Å². The van der Waals surface area contributed by atoms with Crippen LogP contribution in [0.25, 0.3) is 0 Å². The third-order valence-electron chi connectivity index (χ3n) is 3.15. The molecule has 0 radical (unpaired) electrons. The third kappa shape index (κ3) is 3.01. The van der Waals surface area contributed by atoms with Gasteiger partial charge in [0.05, 0.1) is 18.7 Å². The Kier molecular flexibility index (Phi) is 4.06. The van der Waals surface area contributed by atoms with Gasteiger partial charge in [-0.25, -0.2) is 4.68 Å². The van der Waals surface area contributed by atoms with Gasteiger partial charge in [-0.1, -0.05) is 13.8 Å². The molecule has 6 heteroatoms. The van der Waals surface area contributed by atoms with E-state index < -0.39 is 0 Å². The number of hydrogen-bond donors (Lipinski definition) is 1. The Balaban J connectivity index is 1.85. The summed E-state index contributed by atoms with van der Waals surface area (Å²) >= 11 is 0. The smallest absolute Gasteiger partial charge is 0.165 e. The van der Waals surface area contributed by atoms with Crippen LogP contribution in [0.4, 0.5) is 0 Å². The summed E-state index contributed by atoms with van der Waals surface area (Å²) in [5.41, 5.74) is 0. The first-order chi connectivity index (χ1) is 8.20. The lowest BCUT2D eigenvalue weighted by atomic mass is 9.89. The Morgan fingerprint density at radius 2 is 2.24 bits per heavy atom. The standard InChI is InChI=1S/C11H21N5O/c1-8(2)6-12-7-11-13-14-15-16(11)9-4-10(5-9)17-3/h8-10,12H,4-7H2,1-3H3. The summed E-state index contributed by atoms with van der Waals surface area (Å²) in [4.78, 5) is 0. The second-order valence-corrected chi connectivity index (χ2v) is 5.05. The summed E-state index contributed by atoms with van der Waals surface area (Å²) in [5, 5.41) is 15.2. The zero-order chi connectivity index (χ0) is 12.3. The molecule has 1 heterocycles. The van der Waals surface area contributed by atoms with Gasteiger partial charge in [0, 0.05) is 7.11 Å². The molecule has 0 unspecified atom stereocenters. The molecule has 0 saturated heterocycles. The van der Waals surface area contributed by atoms with E-state index in [4.69, 9.17) is 4.74 Å². The lowest BCUT2D eigenvalue weighted by molar-refractivity contribution is 0.000948. The molecule has 0 aromatic carbocycles. The van der Waals surface area contributed by atoms with Crippen LogP contribution in [0.2, 0.25) is 0 Å². The molecule has 6 nitrogen and oxygen atoms in total. The Bertz CT molecular complexity index is 345. The number of aromatic nitrogens is 4. The van der Waals surface area contributed by atoms with E-state index in [1.807, 2.05) is 4.68 Å². The number of methoxy groups -OCH3 is 1. The summed E-state index contributed by atoms with van der Waals surface area (Å²) in [7, 11) is 1.76. The van der Waals surface area contributed by atoms with Crippen LogP contribution in [0.1, 0.15) is 38.6 Å². The van der Waals surface area contributed by atoms with E-state index in [1.54, 1.807) is 7.11 Å². The molecule has 0 amide bonds. The summed E-state index contributed by atoms with van der Waals surface area (Å²) < 4.78 is 7.20. The largest absolute Gasteiger partial charge is 0.381 e. The van der Waals surface area contributed by atoms with Crippen molar-refractivity contribution in [1.82, 2.24) is 25.5 Å². The van der Waals surface area contributed by atoms with Crippen LogP contribution < -0.4 is 5.32 Å². The fourth-order valence-corrected chi connectivity index (χ4v) is 2.01. The van der Waals surface area contributed by atoms with Gasteiger partial charge < -0.3 is 10.1 Å². The molecule has 1 fully saturated rings. The Morgan fingerprint density at radius 1 is 1.47 bits per heavy atom. The normalized spacial score (nSPS) is 24.0. The van der Waals surface area contributed by atoms with Crippen molar-refractivity contribution < 1.29 is 4.74 Å². The molecule has 1 aliphatic carbocycles. The zero-order valence-corrected chi connectivity index (χ0v) is 10.8. The van der Waals surface area contributed by atoms with Crippen molar-refractivity contribution in [3.63, 3.8) is 0 Å². The van der Waals surface area contributed by atoms with Gasteiger partial charge in [0.2, 0.25) is 0 Å². The summed E-state index contributed by atoms with van der Waals surface area (Å²) in [6.07, 6.45) is 2.40. The monoisotopic (exact) mass is 239 g/mol. The van der Waals surface area contributed by atoms with Gasteiger partial charge in [-0.2, -0.15) is 0 Å². The fourth-order valence-electron chi connectivity index (χ4n) is 2.01. The van der Waals surface area contributed by atoms with Crippen LogP contribution in [-0.2, 0) is 11.3 Å². The molecule has 2 rings (SSSR count). The molecule has 17 heavy (non-hydrogen) atoms. The topological polar surface area (TPSA) is 64.9 Å². The summed E-state index contributed by atoms with van der Waals surface area (Å²) in [6.45, 7) is 6.09. The highest BCUT2D eigenvalue weighted by atomic mass is 16.5. The molecule has 1 aromatic heterocycles. The van der Waals surface area contributed by atoms with Crippen molar-refractivity contribution >= 4 is 0 Å². The second-order valence-electron chi connectivity index (χ2n) is 5.05. The highest BCUT2D eigenvalue weighted by molar-refractivity contribution is 4.91. The molecule has 1 N–H and O–H groups in total. The maximum Gasteiger partial charge on any atom is 0.165 e. The first kappa shape index (κ1) is 12.4. The molecule has 0 atom stereocenters. The predicted molar refractivity (Wildman–Crippen MR) is 63.4 cm³/mol. The van der Waals surface area contributed by atoms with Crippen molar-refractivity contribution in [3.8, 4) is 0 Å². The Morgan fingerprint density at radius 3 is 2.88 bits per heavy atom. The second kappa shape index (κ2) is 5.55. The van der Waals surface area contributed by atoms with E-state index in [0.29, 0.717) is 18.1 Å². The molecular formula is C11H21N5O. The summed E-state index contributed by atoms with van der Waals surface area (Å²) in [6, 6.07) is 0.408. The third-order valence-corrected chi connectivity index (χ3v) is 3.15. The Hall–Kier alpha value is -1.01. The van der Waals surface area contributed by atoms with Crippen LogP contribution in [0, 0.1) is 5.92 Å². The van der Waals surface area contributed by atoms with Gasteiger partial charge in [-0.15, -0.1) is 5.10 Å². The highest BCUT2D eigenvalue weighted by Crippen LogP contribution is 2.33. The molecule has 0 spiro atoms. The molecular weight excluding hydrogens is 218 g/mol. The van der Waals surface area contributed by atoms with Crippen LogP contribution in [0.15, 0.2) is 0 Å². The van der Waals surface area contributed by atoms with E-state index in [9.17, 15) is 0 Å². The average Bonchev–Trinajstić information content (AvgIpc) is 2.64. The SMILES string of the molecule is COC1CC(n2nnnc2CNCC(C)C)C1. The lowest BCUT2D eigenvalue weighted by Crippen LogP contribution is -2.34. The van der Waals surface area contributed by atoms with Crippen LogP contribution in [0.5, 0.6) is 0 Å². The zero-order valence-electron chi connectivity index (χ0n) is 10.8. The number of rotatable bonds is 6. The van der Waals surface area contributed by atoms with Gasteiger partial charge >= 0.3 is 0 Å². The number of ether oxygens (including phenoxy) is 1. The van der Waals surface area contributed by atoms with Crippen molar-refractivity contribution in [1.29, 1.82) is 0 Å². The molecule has 1 saturated carbocycles. The molecule has 1 aromatic rings. The van der Waals surface area contributed by atoms with E-state index >= 15 is 0 Å². The van der Waals surface area contributed by atoms with Crippen LogP contribution >= 0.6 is 0 Å². The maximum absolute atomic E-state index is 5.27. The minimum absolute atomic E-state index is 0.376. The van der Waals surface area contributed by atoms with Crippen molar-refractivity contribution in [3.05, 3.63) is 5.82 Å². The first-order valence-electron chi connectivity index (χ1n) is 6.21. The van der Waals surface area contributed by atoms with Gasteiger partial charge in [-0.05, 0) is 35.7 Å². The van der Waals surface area contributed by atoms with Crippen molar-refractivity contribution in [2.45, 2.75) is 45.4 Å². The number of nitrogens with one attached hydrogen (secondary N) is 1. The van der Waals surface area contributed by atoms with Gasteiger partial charge in [-0.3, -0.25) is 0 Å². The van der Waals surface area contributed by atoms with E-state index in [1.165, 1.54) is 0 Å². The average molecular weight is 239 g/mol. The number of tetrazole rings is 1. The van der Waals surface area contributed by atoms with E-state index in [0.717, 1.165) is 31.8 Å². The van der Waals surface area contributed by atoms with Crippen LogP contribution in [0.3, 0.4) is 0 Å². The van der Waals surface area contributed by atoms with Crippen LogP contribution in [-0.4, -0.2) is 40.0 Å². The number of hydrogen-bond acceptors (Lipinski definition) is 5. The lowest BCUT2D eigenvalue weighted by Gasteiger charge is -2.34. The van der Waals surface area contributed by atoms with E-state index in [-0.39, 0.29) is 0 Å². The fraction of sp³-hybridized carbons (Fsp3) is 0.909. The highest BCUT2D eigenvalue weighted by Gasteiger charge is 2.32. The molecule has 1 aliphatic rings. The molecule has 0 bridgehead atoms. The van der Waals surface area contributed by atoms with Gasteiger partial charge in [0.1, 0.15) is 0 Å². The number of nitrogens with zero attached hydrogens (tertiary/aromatic N) is 4. The van der Waals surface area contributed by atoms with E-state index in [2.05, 4.69) is 34.7 Å². The minimum Gasteiger partial charge on any atom is -0.381 e. The van der Waals surface area contributed by atoms with Gasteiger partial charge in [0.15, 0.2) is 5.82 Å². The van der Waals surface area contributed by atoms with Gasteiger partial charge in [0.25, 0.3) is 0 Å². The molecule has 0 aliphatic heterocycles. The maximum atomic E-state index is 5.27. The predicted octanol–water partition coefficient (Wildman–Crippen LogP) is 0.769. The molecule has 96 valence electrons. The minimum atomic E-state index is 0.376. The Labute approximate surface area is 102 Å². The van der Waals surface area contributed by atoms with Crippen molar-refractivity contribution in [2.24, 2.45) is 5.92 Å². The quantitative estimate of drug-likeness (QED) is 0.794. The first-order valence-corrected chi connectivity index (χ1v) is 6.21.